The molecule has 0 amide bonds. The number of hydrogen-bond acceptors (Lipinski definition) is 5. The van der Waals surface area contributed by atoms with Crippen LogP contribution in [0.15, 0.2) is 54.7 Å². The minimum atomic E-state index is -0.186. The van der Waals surface area contributed by atoms with Gasteiger partial charge in [0, 0.05) is 5.39 Å². The zero-order chi connectivity index (χ0) is 15.2. The average Bonchev–Trinajstić information content (AvgIpc) is 2.52. The lowest BCUT2D eigenvalue weighted by molar-refractivity contribution is 0.406. The maximum absolute atomic E-state index is 9.37. The van der Waals surface area contributed by atoms with Crippen molar-refractivity contribution in [3.05, 3.63) is 60.3 Å². The summed E-state index contributed by atoms with van der Waals surface area (Å²) in [5, 5.41) is 36.2. The van der Waals surface area contributed by atoms with Crippen molar-refractivity contribution in [2.24, 2.45) is 0 Å². The molecule has 0 bridgehead atoms. The number of hydrogen-bond donors (Lipinski definition) is 3. The zero-order valence-corrected chi connectivity index (χ0v) is 10.9. The smallest absolute Gasteiger partial charge is 0.176 e. The first-order chi connectivity index (χ1) is 10.1. The molecule has 3 aromatic rings. The SMILES string of the molecule is N#Cc1ccccc1O.Oc1cnc2ccccc2c1O. The van der Waals surface area contributed by atoms with Gasteiger partial charge in [-0.25, -0.2) is 0 Å². The maximum Gasteiger partial charge on any atom is 0.176 e. The average molecular weight is 280 g/mol. The number of aromatic nitrogens is 1. The van der Waals surface area contributed by atoms with Crippen molar-refractivity contribution < 1.29 is 15.3 Å². The largest absolute Gasteiger partial charge is 0.507 e. The normalized spacial score (nSPS) is 9.48. The molecule has 1 aromatic heterocycles. The molecule has 0 spiro atoms. The topological polar surface area (TPSA) is 97.4 Å². The van der Waals surface area contributed by atoms with Gasteiger partial charge >= 0.3 is 0 Å². The highest BCUT2D eigenvalue weighted by atomic mass is 16.3. The summed E-state index contributed by atoms with van der Waals surface area (Å²) in [6, 6.07) is 15.4. The molecule has 1 heterocycles. The van der Waals surface area contributed by atoms with Crippen molar-refractivity contribution in [3.8, 4) is 23.3 Å². The summed E-state index contributed by atoms with van der Waals surface area (Å²) in [5.41, 5.74) is 0.991. The van der Waals surface area contributed by atoms with Gasteiger partial charge in [0.1, 0.15) is 11.8 Å². The van der Waals surface area contributed by atoms with Gasteiger partial charge in [0.05, 0.1) is 17.3 Å². The number of phenolic OH excluding ortho intramolecular Hbond substituents is 1. The minimum Gasteiger partial charge on any atom is -0.507 e. The summed E-state index contributed by atoms with van der Waals surface area (Å²) < 4.78 is 0. The summed E-state index contributed by atoms with van der Waals surface area (Å²) in [5.74, 6) is -0.255. The Hall–Kier alpha value is -3.26. The number of aromatic hydroxyl groups is 3. The van der Waals surface area contributed by atoms with Crippen molar-refractivity contribution in [1.29, 1.82) is 5.26 Å². The highest BCUT2D eigenvalue weighted by molar-refractivity contribution is 5.86. The lowest BCUT2D eigenvalue weighted by atomic mass is 10.2. The number of rotatable bonds is 0. The van der Waals surface area contributed by atoms with E-state index in [4.69, 9.17) is 15.5 Å². The Bertz CT molecular complexity index is 810. The molecular weight excluding hydrogens is 268 g/mol. The van der Waals surface area contributed by atoms with E-state index < -0.39 is 0 Å². The van der Waals surface area contributed by atoms with Crippen LogP contribution in [0.3, 0.4) is 0 Å². The lowest BCUT2D eigenvalue weighted by Gasteiger charge is -2.00. The number of nitriles is 1. The van der Waals surface area contributed by atoms with E-state index in [1.165, 1.54) is 12.3 Å². The van der Waals surface area contributed by atoms with Gasteiger partial charge in [-0.15, -0.1) is 0 Å². The first-order valence-corrected chi connectivity index (χ1v) is 6.07. The summed E-state index contributed by atoms with van der Waals surface area (Å²) in [6.07, 6.45) is 1.23. The molecule has 3 N–H and O–H groups in total. The van der Waals surface area contributed by atoms with Crippen LogP contribution in [-0.2, 0) is 0 Å². The van der Waals surface area contributed by atoms with E-state index >= 15 is 0 Å². The molecule has 0 saturated carbocycles. The van der Waals surface area contributed by atoms with Crippen molar-refractivity contribution in [1.82, 2.24) is 4.98 Å². The van der Waals surface area contributed by atoms with E-state index in [-0.39, 0.29) is 17.2 Å². The van der Waals surface area contributed by atoms with Crippen molar-refractivity contribution in [2.45, 2.75) is 0 Å². The molecule has 3 rings (SSSR count). The van der Waals surface area contributed by atoms with Crippen LogP contribution >= 0.6 is 0 Å². The van der Waals surface area contributed by atoms with E-state index in [9.17, 15) is 5.11 Å². The van der Waals surface area contributed by atoms with Gasteiger partial charge in [0.15, 0.2) is 11.5 Å². The molecule has 0 aliphatic heterocycles. The van der Waals surface area contributed by atoms with Crippen LogP contribution in [-0.4, -0.2) is 20.3 Å². The first kappa shape index (κ1) is 14.2. The number of benzene rings is 2. The molecule has 0 fully saturated rings. The molecule has 0 unspecified atom stereocenters. The van der Waals surface area contributed by atoms with Gasteiger partial charge in [0.2, 0.25) is 0 Å². The Balaban J connectivity index is 0.000000161. The molecule has 5 nitrogen and oxygen atoms in total. The van der Waals surface area contributed by atoms with E-state index in [2.05, 4.69) is 4.98 Å². The quantitative estimate of drug-likeness (QED) is 0.588. The van der Waals surface area contributed by atoms with Crippen LogP contribution in [0.1, 0.15) is 5.56 Å². The van der Waals surface area contributed by atoms with Gasteiger partial charge in [0.25, 0.3) is 0 Å². The molecule has 5 heteroatoms. The summed E-state index contributed by atoms with van der Waals surface area (Å²) in [6.45, 7) is 0. The predicted molar refractivity (Wildman–Crippen MR) is 77.9 cm³/mol. The van der Waals surface area contributed by atoms with Gasteiger partial charge in [-0.3, -0.25) is 4.98 Å². The van der Waals surface area contributed by atoms with Crippen molar-refractivity contribution in [2.75, 3.05) is 0 Å². The van der Waals surface area contributed by atoms with Crippen LogP contribution < -0.4 is 0 Å². The molecule has 0 radical (unpaired) electrons. The number of phenols is 1. The third kappa shape index (κ3) is 3.19. The molecule has 104 valence electrons. The number of nitrogens with zero attached hydrogens (tertiary/aromatic N) is 2. The van der Waals surface area contributed by atoms with Crippen molar-refractivity contribution in [3.63, 3.8) is 0 Å². The number of para-hydroxylation sites is 2. The van der Waals surface area contributed by atoms with Crippen LogP contribution in [0.4, 0.5) is 0 Å². The summed E-state index contributed by atoms with van der Waals surface area (Å²) in [4.78, 5) is 3.93. The third-order valence-corrected chi connectivity index (χ3v) is 2.75. The minimum absolute atomic E-state index is 0.0417. The lowest BCUT2D eigenvalue weighted by Crippen LogP contribution is -1.78. The highest BCUT2D eigenvalue weighted by Crippen LogP contribution is 2.30. The third-order valence-electron chi connectivity index (χ3n) is 2.75. The number of fused-ring (bicyclic) bond motifs is 1. The van der Waals surface area contributed by atoms with E-state index in [0.29, 0.717) is 16.5 Å². The Morgan fingerprint density at radius 3 is 2.19 bits per heavy atom. The highest BCUT2D eigenvalue weighted by Gasteiger charge is 2.03. The summed E-state index contributed by atoms with van der Waals surface area (Å²) in [7, 11) is 0. The standard InChI is InChI=1S/C9H7NO2.C7H5NO/c11-8-5-10-7-4-2-1-3-6(7)9(8)12;8-5-6-3-1-2-4-7(6)9/h1-5,11H,(H,10,12);1-4,9H. The second kappa shape index (κ2) is 6.26. The van der Waals surface area contributed by atoms with Crippen LogP contribution in [0.5, 0.6) is 17.2 Å². The first-order valence-electron chi connectivity index (χ1n) is 6.07. The summed E-state index contributed by atoms with van der Waals surface area (Å²) >= 11 is 0. The Morgan fingerprint density at radius 2 is 1.52 bits per heavy atom. The Kier molecular flexibility index (Phi) is 4.22. The van der Waals surface area contributed by atoms with E-state index in [0.717, 1.165) is 0 Å². The molecule has 0 aliphatic carbocycles. The molecule has 0 atom stereocenters. The van der Waals surface area contributed by atoms with Gasteiger partial charge < -0.3 is 15.3 Å². The monoisotopic (exact) mass is 280 g/mol. The molecule has 2 aromatic carbocycles. The Morgan fingerprint density at radius 1 is 0.857 bits per heavy atom. The molecule has 0 aliphatic rings. The fourth-order valence-electron chi connectivity index (χ4n) is 1.68. The second-order valence-electron chi connectivity index (χ2n) is 4.14. The molecule has 21 heavy (non-hydrogen) atoms. The van der Waals surface area contributed by atoms with Gasteiger partial charge in [-0.2, -0.15) is 5.26 Å². The van der Waals surface area contributed by atoms with Crippen molar-refractivity contribution >= 4 is 10.9 Å². The fourth-order valence-corrected chi connectivity index (χ4v) is 1.68. The fraction of sp³-hybridized carbons (Fsp3) is 0. The Labute approximate surface area is 121 Å². The van der Waals surface area contributed by atoms with Crippen LogP contribution in [0.25, 0.3) is 10.9 Å². The molecular formula is C16H12N2O3. The van der Waals surface area contributed by atoms with E-state index in [1.807, 2.05) is 12.1 Å². The predicted octanol–water partition coefficient (Wildman–Crippen LogP) is 2.91. The van der Waals surface area contributed by atoms with Gasteiger partial charge in [-0.05, 0) is 24.3 Å². The molecule has 0 saturated heterocycles. The second-order valence-corrected chi connectivity index (χ2v) is 4.14. The maximum atomic E-state index is 9.37. The number of pyridine rings is 1. The van der Waals surface area contributed by atoms with Crippen LogP contribution in [0.2, 0.25) is 0 Å². The van der Waals surface area contributed by atoms with E-state index in [1.54, 1.807) is 36.4 Å². The zero-order valence-electron chi connectivity index (χ0n) is 10.9. The van der Waals surface area contributed by atoms with Crippen LogP contribution in [0, 0.1) is 11.3 Å². The van der Waals surface area contributed by atoms with Gasteiger partial charge in [-0.1, -0.05) is 24.3 Å².